The summed E-state index contributed by atoms with van der Waals surface area (Å²) in [7, 11) is 0.904. The van der Waals surface area contributed by atoms with Gasteiger partial charge in [-0.2, -0.15) is 4.31 Å². The van der Waals surface area contributed by atoms with Gasteiger partial charge in [0.1, 0.15) is 11.8 Å². The Balaban J connectivity index is 1.65. The fourth-order valence-electron chi connectivity index (χ4n) is 5.14. The number of sulfonamides is 1. The second-order valence-electron chi connectivity index (χ2n) is 10.9. The van der Waals surface area contributed by atoms with Crippen LogP contribution >= 0.6 is 0 Å². The van der Waals surface area contributed by atoms with E-state index in [1.807, 2.05) is 48.5 Å². The number of nitrogens with one attached hydrogen (secondary N) is 1. The van der Waals surface area contributed by atoms with Crippen molar-refractivity contribution in [3.05, 3.63) is 125 Å². The monoisotopic (exact) mass is 659 g/mol. The van der Waals surface area contributed by atoms with E-state index in [-0.39, 0.29) is 19.6 Å². The Hall–Kier alpha value is -4.87. The molecule has 0 aliphatic rings. The Kier molecular flexibility index (Phi) is 12.4. The van der Waals surface area contributed by atoms with Gasteiger partial charge in [0.05, 0.1) is 34.1 Å². The molecule has 4 rings (SSSR count). The molecule has 0 fully saturated rings. The van der Waals surface area contributed by atoms with Crippen LogP contribution in [-0.4, -0.2) is 70.1 Å². The first-order chi connectivity index (χ1) is 22.6. The first-order valence-electron chi connectivity index (χ1n) is 15.1. The molecule has 0 heterocycles. The van der Waals surface area contributed by atoms with Crippen molar-refractivity contribution in [3.8, 4) is 17.2 Å². The van der Waals surface area contributed by atoms with Gasteiger partial charge in [-0.05, 0) is 52.9 Å². The van der Waals surface area contributed by atoms with Crippen molar-refractivity contribution in [2.75, 3.05) is 40.7 Å². The van der Waals surface area contributed by atoms with Crippen molar-refractivity contribution in [2.24, 2.45) is 0 Å². The molecule has 0 bridgehead atoms. The van der Waals surface area contributed by atoms with E-state index in [1.54, 1.807) is 75.9 Å². The highest BCUT2D eigenvalue weighted by atomic mass is 32.2. The maximum atomic E-state index is 14.3. The molecule has 0 spiro atoms. The normalized spacial score (nSPS) is 11.9. The number of carbonyl (C=O) groups excluding carboxylic acids is 2. The molecule has 11 heteroatoms. The molecule has 0 saturated carbocycles. The maximum absolute atomic E-state index is 14.3. The Morgan fingerprint density at radius 2 is 1.32 bits per heavy atom. The van der Waals surface area contributed by atoms with Crippen molar-refractivity contribution in [3.63, 3.8) is 0 Å². The van der Waals surface area contributed by atoms with Gasteiger partial charge in [-0.25, -0.2) is 8.42 Å². The van der Waals surface area contributed by atoms with Crippen LogP contribution in [0.1, 0.15) is 28.3 Å². The van der Waals surface area contributed by atoms with Gasteiger partial charge in [-0.15, -0.1) is 0 Å². The third-order valence-corrected chi connectivity index (χ3v) is 8.85. The van der Waals surface area contributed by atoms with Gasteiger partial charge in [0.25, 0.3) is 0 Å². The van der Waals surface area contributed by atoms with E-state index in [0.29, 0.717) is 29.2 Å². The van der Waals surface area contributed by atoms with E-state index in [2.05, 4.69) is 5.32 Å². The molecule has 0 saturated heterocycles. The second kappa shape index (κ2) is 16.6. The van der Waals surface area contributed by atoms with Crippen molar-refractivity contribution >= 4 is 21.8 Å². The van der Waals surface area contributed by atoms with Crippen molar-refractivity contribution < 1.29 is 32.2 Å². The van der Waals surface area contributed by atoms with Gasteiger partial charge in [0, 0.05) is 19.6 Å². The lowest BCUT2D eigenvalue weighted by Crippen LogP contribution is -2.48. The fourth-order valence-corrected chi connectivity index (χ4v) is 5.87. The van der Waals surface area contributed by atoms with Crippen LogP contribution in [0, 0.1) is 0 Å². The second-order valence-corrected chi connectivity index (χ2v) is 12.9. The number of rotatable bonds is 16. The number of nitrogens with zero attached hydrogens (tertiary/aromatic N) is 2. The highest BCUT2D eigenvalue weighted by molar-refractivity contribution is 7.88. The zero-order chi connectivity index (χ0) is 33.8. The van der Waals surface area contributed by atoms with Crippen LogP contribution in [0.25, 0.3) is 0 Å². The zero-order valence-corrected chi connectivity index (χ0v) is 27.9. The Morgan fingerprint density at radius 3 is 1.91 bits per heavy atom. The Bertz CT molecular complexity index is 1720. The standard InChI is InChI=1S/C36H41N3O7S/c1-44-31-18-15-29(16-19-31)25-39(34(40)26-38(47(4,42)43)24-28-11-7-5-8-12-28)35(30-13-9-6-10-14-30)36(41)37-22-21-27-17-20-32(45-2)33(23-27)46-3/h5-20,23,35H,21-22,24-26H2,1-4H3,(H,37,41)/t35-/m0/s1. The zero-order valence-electron chi connectivity index (χ0n) is 27.1. The van der Waals surface area contributed by atoms with E-state index >= 15 is 0 Å². The third kappa shape index (κ3) is 9.81. The predicted octanol–water partition coefficient (Wildman–Crippen LogP) is 4.60. The molecule has 0 unspecified atom stereocenters. The van der Waals surface area contributed by atoms with Crippen LogP contribution < -0.4 is 19.5 Å². The van der Waals surface area contributed by atoms with Crippen molar-refractivity contribution in [2.45, 2.75) is 25.6 Å². The average molecular weight is 660 g/mol. The molecule has 1 atom stereocenters. The quantitative estimate of drug-likeness (QED) is 0.187. The molecule has 47 heavy (non-hydrogen) atoms. The molecule has 0 aliphatic carbocycles. The van der Waals surface area contributed by atoms with E-state index in [0.717, 1.165) is 27.3 Å². The van der Waals surface area contributed by atoms with E-state index in [9.17, 15) is 18.0 Å². The van der Waals surface area contributed by atoms with Crippen molar-refractivity contribution in [1.29, 1.82) is 0 Å². The third-order valence-electron chi connectivity index (χ3n) is 7.65. The van der Waals surface area contributed by atoms with Crippen LogP contribution in [0.2, 0.25) is 0 Å². The molecule has 0 aromatic heterocycles. The molecule has 0 radical (unpaired) electrons. The van der Waals surface area contributed by atoms with Crippen LogP contribution in [0.4, 0.5) is 0 Å². The lowest BCUT2D eigenvalue weighted by Gasteiger charge is -2.33. The molecule has 10 nitrogen and oxygen atoms in total. The summed E-state index contributed by atoms with van der Waals surface area (Å²) in [5.74, 6) is 0.914. The first-order valence-corrected chi connectivity index (χ1v) is 16.9. The van der Waals surface area contributed by atoms with E-state index in [4.69, 9.17) is 14.2 Å². The SMILES string of the molecule is COc1ccc(CN(C(=O)CN(Cc2ccccc2)S(C)(=O)=O)[C@H](C(=O)NCCc2ccc(OC)c(OC)c2)c2ccccc2)cc1. The number of ether oxygens (including phenoxy) is 3. The summed E-state index contributed by atoms with van der Waals surface area (Å²) in [4.78, 5) is 29.8. The number of benzene rings is 4. The minimum atomic E-state index is -3.79. The Morgan fingerprint density at radius 1 is 0.723 bits per heavy atom. The van der Waals surface area contributed by atoms with E-state index in [1.165, 1.54) is 4.90 Å². The van der Waals surface area contributed by atoms with Crippen LogP contribution in [0.3, 0.4) is 0 Å². The summed E-state index contributed by atoms with van der Waals surface area (Å²) < 4.78 is 43.0. The minimum Gasteiger partial charge on any atom is -0.497 e. The summed E-state index contributed by atoms with van der Waals surface area (Å²) in [6, 6.07) is 29.7. The highest BCUT2D eigenvalue weighted by Crippen LogP contribution is 2.28. The van der Waals surface area contributed by atoms with Crippen LogP contribution in [0.5, 0.6) is 17.2 Å². The average Bonchev–Trinajstić information content (AvgIpc) is 3.08. The number of amides is 2. The Labute approximate surface area is 276 Å². The smallest absolute Gasteiger partial charge is 0.247 e. The largest absolute Gasteiger partial charge is 0.497 e. The fraction of sp³-hybridized carbons (Fsp3) is 0.278. The van der Waals surface area contributed by atoms with Gasteiger partial charge in [-0.1, -0.05) is 78.9 Å². The van der Waals surface area contributed by atoms with Gasteiger partial charge in [0.15, 0.2) is 11.5 Å². The summed E-state index contributed by atoms with van der Waals surface area (Å²) >= 11 is 0. The maximum Gasteiger partial charge on any atom is 0.247 e. The van der Waals surface area contributed by atoms with Gasteiger partial charge >= 0.3 is 0 Å². The van der Waals surface area contributed by atoms with E-state index < -0.39 is 34.4 Å². The van der Waals surface area contributed by atoms with Crippen LogP contribution in [-0.2, 0) is 39.1 Å². The predicted molar refractivity (Wildman–Crippen MR) is 181 cm³/mol. The lowest BCUT2D eigenvalue weighted by atomic mass is 10.0. The molecule has 248 valence electrons. The minimum absolute atomic E-state index is 0.00924. The highest BCUT2D eigenvalue weighted by Gasteiger charge is 2.33. The van der Waals surface area contributed by atoms with Gasteiger partial charge < -0.3 is 24.4 Å². The number of hydrogen-bond donors (Lipinski definition) is 1. The first kappa shape index (κ1) is 35.0. The summed E-state index contributed by atoms with van der Waals surface area (Å²) in [6.45, 7) is -0.110. The molecule has 1 N–H and O–H groups in total. The lowest BCUT2D eigenvalue weighted by molar-refractivity contribution is -0.141. The molecule has 4 aromatic rings. The molecule has 2 amide bonds. The summed E-state index contributed by atoms with van der Waals surface area (Å²) in [5.41, 5.74) is 2.99. The number of hydrogen-bond acceptors (Lipinski definition) is 7. The molecule has 4 aromatic carbocycles. The van der Waals surface area contributed by atoms with Gasteiger partial charge in [-0.3, -0.25) is 9.59 Å². The topological polar surface area (TPSA) is 114 Å². The number of methoxy groups -OCH3 is 3. The van der Waals surface area contributed by atoms with Crippen LogP contribution in [0.15, 0.2) is 103 Å². The molecule has 0 aliphatic heterocycles. The van der Waals surface area contributed by atoms with Crippen molar-refractivity contribution in [1.82, 2.24) is 14.5 Å². The number of carbonyl (C=O) groups is 2. The summed E-state index contributed by atoms with van der Waals surface area (Å²) in [5, 5.41) is 3.00. The molecular weight excluding hydrogens is 618 g/mol. The van der Waals surface area contributed by atoms with Gasteiger partial charge in [0.2, 0.25) is 21.8 Å². The summed E-state index contributed by atoms with van der Waals surface area (Å²) in [6.07, 6.45) is 1.57. The molecular formula is C36H41N3O7S.